The standard InChI is InChI=1S/C49H34N2S/c1-5-15-35(16-6-1)37-25-29-41(30-26-37)50-44-33-34-46-47(43-23-13-14-24-45(43)52-46)48(44)51(42-31-27-38(28-32-42)36-17-7-2-8-18-36)49(50,39-19-9-3-10-20-39)40-21-11-4-12-22-40/h1-34H. The van der Waals surface area contributed by atoms with Crippen molar-refractivity contribution in [1.82, 2.24) is 0 Å². The summed E-state index contributed by atoms with van der Waals surface area (Å²) in [6, 6.07) is 75.2. The molecule has 1 aliphatic rings. The zero-order valence-corrected chi connectivity index (χ0v) is 29.2. The molecule has 0 saturated carbocycles. The molecule has 1 aromatic heterocycles. The van der Waals surface area contributed by atoms with E-state index < -0.39 is 5.66 Å². The summed E-state index contributed by atoms with van der Waals surface area (Å²) in [6.45, 7) is 0. The van der Waals surface area contributed by atoms with Crippen LogP contribution in [0.15, 0.2) is 206 Å². The van der Waals surface area contributed by atoms with Gasteiger partial charge in [-0.25, -0.2) is 0 Å². The lowest BCUT2D eigenvalue weighted by Gasteiger charge is -2.47. The minimum absolute atomic E-state index is 0.773. The summed E-state index contributed by atoms with van der Waals surface area (Å²) in [7, 11) is 0. The van der Waals surface area contributed by atoms with E-state index in [1.165, 1.54) is 64.9 Å². The van der Waals surface area contributed by atoms with Gasteiger partial charge in [0, 0.05) is 42.7 Å². The summed E-state index contributed by atoms with van der Waals surface area (Å²) in [5, 5.41) is 2.56. The zero-order chi connectivity index (χ0) is 34.5. The van der Waals surface area contributed by atoms with Gasteiger partial charge in [-0.2, -0.15) is 0 Å². The van der Waals surface area contributed by atoms with Crippen molar-refractivity contribution in [3.05, 3.63) is 217 Å². The summed E-state index contributed by atoms with van der Waals surface area (Å²) >= 11 is 1.87. The second-order valence-corrected chi connectivity index (χ2v) is 14.4. The van der Waals surface area contributed by atoms with Gasteiger partial charge >= 0.3 is 0 Å². The van der Waals surface area contributed by atoms with Gasteiger partial charge in [0.25, 0.3) is 0 Å². The largest absolute Gasteiger partial charge is 0.308 e. The number of fused-ring (bicyclic) bond motifs is 5. The highest BCUT2D eigenvalue weighted by Crippen LogP contribution is 2.62. The first-order chi connectivity index (χ1) is 25.8. The van der Waals surface area contributed by atoms with Crippen LogP contribution in [0.1, 0.15) is 11.1 Å². The predicted molar refractivity (Wildman–Crippen MR) is 221 cm³/mol. The summed E-state index contributed by atoms with van der Waals surface area (Å²) in [5.74, 6) is 0. The van der Waals surface area contributed by atoms with Gasteiger partial charge in [-0.3, -0.25) is 0 Å². The van der Waals surface area contributed by atoms with E-state index in [0.29, 0.717) is 0 Å². The second-order valence-electron chi connectivity index (χ2n) is 13.3. The molecule has 8 aromatic carbocycles. The van der Waals surface area contributed by atoms with Gasteiger partial charge in [0.05, 0.1) is 11.4 Å². The molecule has 10 rings (SSSR count). The molecule has 0 aliphatic carbocycles. The Hall–Kier alpha value is -6.42. The van der Waals surface area contributed by atoms with Gasteiger partial charge < -0.3 is 9.80 Å². The van der Waals surface area contributed by atoms with Gasteiger partial charge in [0.2, 0.25) is 0 Å². The molecule has 0 N–H and O–H groups in total. The number of rotatable bonds is 6. The van der Waals surface area contributed by atoms with Crippen LogP contribution in [0.25, 0.3) is 42.4 Å². The van der Waals surface area contributed by atoms with Crippen LogP contribution < -0.4 is 9.80 Å². The summed E-state index contributed by atoms with van der Waals surface area (Å²) in [5.41, 5.74) is 11.0. The maximum atomic E-state index is 2.62. The molecule has 9 aromatic rings. The number of benzene rings is 8. The molecule has 0 fully saturated rings. The molecule has 0 amide bonds. The first-order valence-corrected chi connectivity index (χ1v) is 18.6. The van der Waals surface area contributed by atoms with E-state index in [2.05, 4.69) is 216 Å². The smallest absolute Gasteiger partial charge is 0.175 e. The second kappa shape index (κ2) is 12.4. The van der Waals surface area contributed by atoms with Gasteiger partial charge in [-0.05, 0) is 64.7 Å². The fraction of sp³-hybridized carbons (Fsp3) is 0.0204. The van der Waals surface area contributed by atoms with Crippen LogP contribution in [0.4, 0.5) is 22.7 Å². The molecule has 3 heteroatoms. The Labute approximate surface area is 308 Å². The lowest BCUT2D eigenvalue weighted by Crippen LogP contribution is -2.51. The molecule has 1 aliphatic heterocycles. The molecule has 246 valence electrons. The highest BCUT2D eigenvalue weighted by atomic mass is 32.1. The predicted octanol–water partition coefficient (Wildman–Crippen LogP) is 13.6. The Bertz CT molecular complexity index is 2610. The normalized spacial score (nSPS) is 13.5. The van der Waals surface area contributed by atoms with Crippen LogP contribution in [-0.4, -0.2) is 0 Å². The van der Waals surface area contributed by atoms with Gasteiger partial charge in [-0.1, -0.05) is 164 Å². The molecule has 52 heavy (non-hydrogen) atoms. The number of hydrogen-bond donors (Lipinski definition) is 0. The average Bonchev–Trinajstić information content (AvgIpc) is 3.76. The maximum absolute atomic E-state index is 2.62. The molecular weight excluding hydrogens is 649 g/mol. The van der Waals surface area contributed by atoms with E-state index in [0.717, 1.165) is 11.4 Å². The van der Waals surface area contributed by atoms with Crippen LogP contribution in [0, 0.1) is 0 Å². The van der Waals surface area contributed by atoms with Crippen LogP contribution in [0.3, 0.4) is 0 Å². The fourth-order valence-electron chi connectivity index (χ4n) is 8.16. The van der Waals surface area contributed by atoms with Gasteiger partial charge in [0.15, 0.2) is 5.66 Å². The van der Waals surface area contributed by atoms with Gasteiger partial charge in [0.1, 0.15) is 0 Å². The topological polar surface area (TPSA) is 6.48 Å². The van der Waals surface area contributed by atoms with Crippen molar-refractivity contribution < 1.29 is 0 Å². The van der Waals surface area contributed by atoms with Crippen molar-refractivity contribution in [2.45, 2.75) is 5.66 Å². The quantitative estimate of drug-likeness (QED) is 0.172. The minimum atomic E-state index is -0.773. The molecule has 2 heterocycles. The van der Waals surface area contributed by atoms with Crippen molar-refractivity contribution in [2.24, 2.45) is 0 Å². The van der Waals surface area contributed by atoms with Crippen LogP contribution in [0.2, 0.25) is 0 Å². The van der Waals surface area contributed by atoms with Crippen molar-refractivity contribution in [3.8, 4) is 22.3 Å². The molecule has 0 atom stereocenters. The van der Waals surface area contributed by atoms with Crippen LogP contribution >= 0.6 is 11.3 Å². The first-order valence-electron chi connectivity index (χ1n) is 17.8. The molecule has 2 nitrogen and oxygen atoms in total. The SMILES string of the molecule is c1ccc(-c2ccc(N3c4ccc5sc6ccccc6c5c4N(c4ccc(-c5ccccc5)cc4)C3(c3ccccc3)c3ccccc3)cc2)cc1. The van der Waals surface area contributed by atoms with E-state index in [9.17, 15) is 0 Å². The molecule has 0 spiro atoms. The first kappa shape index (κ1) is 30.4. The molecule has 0 unspecified atom stereocenters. The summed E-state index contributed by atoms with van der Waals surface area (Å²) in [6.07, 6.45) is 0. The summed E-state index contributed by atoms with van der Waals surface area (Å²) in [4.78, 5) is 5.20. The maximum Gasteiger partial charge on any atom is 0.175 e. The molecular formula is C49H34N2S. The van der Waals surface area contributed by atoms with Crippen molar-refractivity contribution in [2.75, 3.05) is 9.80 Å². The van der Waals surface area contributed by atoms with Crippen molar-refractivity contribution >= 4 is 54.3 Å². The monoisotopic (exact) mass is 682 g/mol. The third kappa shape index (κ3) is 4.71. The summed E-state index contributed by atoms with van der Waals surface area (Å²) < 4.78 is 2.57. The minimum Gasteiger partial charge on any atom is -0.308 e. The van der Waals surface area contributed by atoms with E-state index in [4.69, 9.17) is 0 Å². The lowest BCUT2D eigenvalue weighted by atomic mass is 9.87. The fourth-order valence-corrected chi connectivity index (χ4v) is 9.27. The van der Waals surface area contributed by atoms with Crippen LogP contribution in [-0.2, 0) is 5.66 Å². The van der Waals surface area contributed by atoms with E-state index in [1.54, 1.807) is 0 Å². The molecule has 0 bridgehead atoms. The van der Waals surface area contributed by atoms with Gasteiger partial charge in [-0.15, -0.1) is 11.3 Å². The Morgan fingerprint density at radius 1 is 0.346 bits per heavy atom. The molecule has 0 radical (unpaired) electrons. The van der Waals surface area contributed by atoms with Crippen molar-refractivity contribution in [3.63, 3.8) is 0 Å². The Balaban J connectivity index is 1.32. The van der Waals surface area contributed by atoms with E-state index in [1.807, 2.05) is 11.3 Å². The number of thiophene rings is 1. The Morgan fingerprint density at radius 2 is 0.788 bits per heavy atom. The van der Waals surface area contributed by atoms with E-state index in [-0.39, 0.29) is 0 Å². The lowest BCUT2D eigenvalue weighted by molar-refractivity contribution is 0.560. The Kier molecular flexibility index (Phi) is 7.26. The van der Waals surface area contributed by atoms with Crippen LogP contribution in [0.5, 0.6) is 0 Å². The Morgan fingerprint density at radius 3 is 1.33 bits per heavy atom. The molecule has 0 saturated heterocycles. The number of anilines is 4. The third-order valence-electron chi connectivity index (χ3n) is 10.4. The third-order valence-corrected chi connectivity index (χ3v) is 11.6. The van der Waals surface area contributed by atoms with E-state index >= 15 is 0 Å². The van der Waals surface area contributed by atoms with Crippen molar-refractivity contribution in [1.29, 1.82) is 0 Å². The zero-order valence-electron chi connectivity index (χ0n) is 28.4. The number of nitrogens with zero attached hydrogens (tertiary/aromatic N) is 2. The number of hydrogen-bond acceptors (Lipinski definition) is 3. The average molecular weight is 683 g/mol. The highest BCUT2D eigenvalue weighted by Gasteiger charge is 2.54. The highest BCUT2D eigenvalue weighted by molar-refractivity contribution is 7.26.